The fourth-order valence-corrected chi connectivity index (χ4v) is 4.92. The van der Waals surface area contributed by atoms with Gasteiger partial charge in [-0.05, 0) is 70.5 Å². The molecule has 220 valence electrons. The summed E-state index contributed by atoms with van der Waals surface area (Å²) in [6.45, 7) is 12.3. The Bertz CT molecular complexity index is 1500. The first kappa shape index (κ1) is 29.2. The molecule has 1 aliphatic heterocycles. The lowest BCUT2D eigenvalue weighted by Crippen LogP contribution is -2.50. The van der Waals surface area contributed by atoms with Gasteiger partial charge in [-0.1, -0.05) is 12.1 Å². The van der Waals surface area contributed by atoms with Gasteiger partial charge in [0.1, 0.15) is 17.1 Å². The van der Waals surface area contributed by atoms with Gasteiger partial charge in [0.25, 0.3) is 0 Å². The van der Waals surface area contributed by atoms with Crippen LogP contribution in [0, 0.1) is 0 Å². The molecule has 0 radical (unpaired) electrons. The maximum Gasteiger partial charge on any atom is 0.410 e. The predicted molar refractivity (Wildman–Crippen MR) is 162 cm³/mol. The van der Waals surface area contributed by atoms with Crippen LogP contribution in [0.2, 0.25) is 0 Å². The van der Waals surface area contributed by atoms with E-state index >= 15 is 0 Å². The number of carbonyl (C=O) groups excluding carboxylic acids is 1. The minimum Gasteiger partial charge on any atom is -0.444 e. The van der Waals surface area contributed by atoms with E-state index in [1.165, 1.54) is 0 Å². The van der Waals surface area contributed by atoms with E-state index in [0.717, 1.165) is 46.9 Å². The summed E-state index contributed by atoms with van der Waals surface area (Å²) >= 11 is 0. The number of carbonyl (C=O) groups is 1. The molecule has 0 atom stereocenters. The Morgan fingerprint density at radius 3 is 2.36 bits per heavy atom. The molecule has 0 saturated carbocycles. The molecule has 0 spiro atoms. The van der Waals surface area contributed by atoms with Crippen LogP contribution in [0.15, 0.2) is 67.3 Å². The molecule has 10 heteroatoms. The number of aromatic nitrogens is 5. The van der Waals surface area contributed by atoms with Crippen LogP contribution < -0.4 is 4.90 Å². The first-order valence-electron chi connectivity index (χ1n) is 14.3. The third-order valence-corrected chi connectivity index (χ3v) is 6.82. The van der Waals surface area contributed by atoms with E-state index in [9.17, 15) is 9.90 Å². The lowest BCUT2D eigenvalue weighted by Gasteiger charge is -2.36. The van der Waals surface area contributed by atoms with E-state index in [-0.39, 0.29) is 6.09 Å². The summed E-state index contributed by atoms with van der Waals surface area (Å²) in [5.74, 6) is 0.707. The van der Waals surface area contributed by atoms with Gasteiger partial charge in [0.15, 0.2) is 0 Å². The highest BCUT2D eigenvalue weighted by Gasteiger charge is 2.26. The van der Waals surface area contributed by atoms with Crippen LogP contribution in [0.3, 0.4) is 0 Å². The summed E-state index contributed by atoms with van der Waals surface area (Å²) < 4.78 is 7.27. The lowest BCUT2D eigenvalue weighted by atomic mass is 10.1. The number of amides is 1. The molecular formula is C32H39N7O3. The van der Waals surface area contributed by atoms with E-state index in [1.807, 2.05) is 45.2 Å². The highest BCUT2D eigenvalue weighted by atomic mass is 16.6. The van der Waals surface area contributed by atoms with E-state index < -0.39 is 11.2 Å². The average Bonchev–Trinajstić information content (AvgIpc) is 3.36. The maximum atomic E-state index is 12.4. The molecule has 1 saturated heterocycles. The van der Waals surface area contributed by atoms with Gasteiger partial charge in [0.2, 0.25) is 0 Å². The summed E-state index contributed by atoms with van der Waals surface area (Å²) in [6.07, 6.45) is 7.54. The smallest absolute Gasteiger partial charge is 0.410 e. The Morgan fingerprint density at radius 1 is 0.976 bits per heavy atom. The van der Waals surface area contributed by atoms with Crippen molar-refractivity contribution in [2.45, 2.75) is 58.8 Å². The highest BCUT2D eigenvalue weighted by molar-refractivity contribution is 5.78. The first-order valence-corrected chi connectivity index (χ1v) is 14.3. The molecular weight excluding hydrogens is 530 g/mol. The molecule has 10 nitrogen and oxygen atoms in total. The van der Waals surface area contributed by atoms with Crippen molar-refractivity contribution in [3.05, 3.63) is 78.6 Å². The largest absolute Gasteiger partial charge is 0.444 e. The molecule has 1 aliphatic rings. The number of nitrogens with zero attached hydrogens (tertiary/aromatic N) is 7. The normalized spacial score (nSPS) is 14.2. The molecule has 1 fully saturated rings. The Kier molecular flexibility index (Phi) is 8.27. The van der Waals surface area contributed by atoms with E-state index in [1.54, 1.807) is 42.0 Å². The summed E-state index contributed by atoms with van der Waals surface area (Å²) in [5, 5.41) is 15.1. The van der Waals surface area contributed by atoms with Crippen molar-refractivity contribution < 1.29 is 14.6 Å². The molecule has 0 bridgehead atoms. The highest BCUT2D eigenvalue weighted by Crippen LogP contribution is 2.30. The number of ether oxygens (including phenoxy) is 1. The Hall–Kier alpha value is -4.31. The van der Waals surface area contributed by atoms with E-state index in [0.29, 0.717) is 31.9 Å². The predicted octanol–water partition coefficient (Wildman–Crippen LogP) is 4.82. The minimum atomic E-state index is -0.913. The molecule has 4 aromatic rings. The second-order valence-corrected chi connectivity index (χ2v) is 12.3. The molecule has 4 heterocycles. The van der Waals surface area contributed by atoms with Gasteiger partial charge in [0.05, 0.1) is 17.8 Å². The molecule has 0 unspecified atom stereocenters. The number of anilines is 1. The molecule has 5 rings (SSSR count). The Balaban J connectivity index is 1.28. The van der Waals surface area contributed by atoms with Crippen molar-refractivity contribution in [3.8, 4) is 22.5 Å². The third-order valence-electron chi connectivity index (χ3n) is 6.82. The second kappa shape index (κ2) is 11.9. The van der Waals surface area contributed by atoms with Gasteiger partial charge in [0, 0.05) is 74.2 Å². The van der Waals surface area contributed by atoms with Crippen molar-refractivity contribution in [2.24, 2.45) is 0 Å². The fourth-order valence-electron chi connectivity index (χ4n) is 4.92. The van der Waals surface area contributed by atoms with Crippen LogP contribution >= 0.6 is 0 Å². The second-order valence-electron chi connectivity index (χ2n) is 12.3. The molecule has 1 amide bonds. The van der Waals surface area contributed by atoms with Crippen LogP contribution in [0.4, 0.5) is 10.5 Å². The van der Waals surface area contributed by atoms with Gasteiger partial charge in [-0.15, -0.1) is 0 Å². The van der Waals surface area contributed by atoms with Gasteiger partial charge >= 0.3 is 6.09 Å². The van der Waals surface area contributed by atoms with Crippen LogP contribution in [0.25, 0.3) is 22.5 Å². The number of rotatable bonds is 7. The summed E-state index contributed by atoms with van der Waals surface area (Å²) in [6, 6.07) is 14.2. The number of hydrogen-bond donors (Lipinski definition) is 1. The monoisotopic (exact) mass is 569 g/mol. The molecule has 1 N–H and O–H groups in total. The van der Waals surface area contributed by atoms with Gasteiger partial charge < -0.3 is 19.6 Å². The third kappa shape index (κ3) is 7.50. The number of piperazine rings is 1. The summed E-state index contributed by atoms with van der Waals surface area (Å²) in [7, 11) is 0. The maximum absolute atomic E-state index is 12.4. The summed E-state index contributed by atoms with van der Waals surface area (Å²) in [4.78, 5) is 30.1. The topological polar surface area (TPSA) is 110 Å². The van der Waals surface area contributed by atoms with Crippen molar-refractivity contribution in [3.63, 3.8) is 0 Å². The molecule has 1 aromatic carbocycles. The standard InChI is InChI=1S/C32H39N7O3/c1-31(2,3)42-30(40)38-17-15-37(16-18-38)25-10-8-23(9-11-25)19-28-34-14-12-27(35-28)26-21-39(22-32(4,5)41)36-29(26)24-7-6-13-33-20-24/h6-14,20-21,41H,15-19,22H2,1-5H3. The van der Waals surface area contributed by atoms with Crippen molar-refractivity contribution in [1.29, 1.82) is 0 Å². The Morgan fingerprint density at radius 2 is 1.71 bits per heavy atom. The zero-order valence-electron chi connectivity index (χ0n) is 25.0. The molecule has 0 aliphatic carbocycles. The number of hydrogen-bond acceptors (Lipinski definition) is 8. The van der Waals surface area contributed by atoms with Crippen molar-refractivity contribution >= 4 is 11.8 Å². The SMILES string of the molecule is CC(C)(O)Cn1cc(-c2ccnc(Cc3ccc(N4CCN(C(=O)OC(C)(C)C)CC4)cc3)n2)c(-c2cccnc2)n1. The number of aliphatic hydroxyl groups is 1. The van der Waals surface area contributed by atoms with Gasteiger partial charge in [-0.2, -0.15) is 5.10 Å². The van der Waals surface area contributed by atoms with Crippen LogP contribution in [-0.2, 0) is 17.7 Å². The fraction of sp³-hybridized carbons (Fsp3) is 0.406. The van der Waals surface area contributed by atoms with Crippen molar-refractivity contribution in [1.82, 2.24) is 29.6 Å². The first-order chi connectivity index (χ1) is 19.9. The van der Waals surface area contributed by atoms with Crippen LogP contribution in [0.5, 0.6) is 0 Å². The van der Waals surface area contributed by atoms with E-state index in [2.05, 4.69) is 39.1 Å². The zero-order chi connectivity index (χ0) is 29.9. The molecule has 42 heavy (non-hydrogen) atoms. The van der Waals surface area contributed by atoms with Crippen LogP contribution in [-0.4, -0.2) is 78.2 Å². The zero-order valence-corrected chi connectivity index (χ0v) is 25.0. The minimum absolute atomic E-state index is 0.253. The van der Waals surface area contributed by atoms with Gasteiger partial charge in [-0.3, -0.25) is 9.67 Å². The Labute approximate surface area is 247 Å². The van der Waals surface area contributed by atoms with Gasteiger partial charge in [-0.25, -0.2) is 14.8 Å². The molecule has 3 aromatic heterocycles. The van der Waals surface area contributed by atoms with Crippen LogP contribution in [0.1, 0.15) is 46.0 Å². The number of pyridine rings is 1. The number of benzene rings is 1. The average molecular weight is 570 g/mol. The lowest BCUT2D eigenvalue weighted by molar-refractivity contribution is 0.0240. The van der Waals surface area contributed by atoms with E-state index in [4.69, 9.17) is 14.8 Å². The quantitative estimate of drug-likeness (QED) is 0.337. The van der Waals surface area contributed by atoms with Crippen molar-refractivity contribution in [2.75, 3.05) is 31.1 Å². The summed E-state index contributed by atoms with van der Waals surface area (Å²) in [5.41, 5.74) is 4.08.